The summed E-state index contributed by atoms with van der Waals surface area (Å²) in [5.74, 6) is -0.736. The molecule has 0 bridgehead atoms. The van der Waals surface area contributed by atoms with Crippen molar-refractivity contribution in [3.8, 4) is 5.69 Å². The van der Waals surface area contributed by atoms with Crippen LogP contribution in [0.2, 0.25) is 0 Å². The van der Waals surface area contributed by atoms with E-state index in [1.54, 1.807) is 24.4 Å². The lowest BCUT2D eigenvalue weighted by Gasteiger charge is -2.28. The Bertz CT molecular complexity index is 1530. The molecule has 0 radical (unpaired) electrons. The van der Waals surface area contributed by atoms with E-state index in [1.807, 2.05) is 18.2 Å². The van der Waals surface area contributed by atoms with Crippen molar-refractivity contribution in [1.29, 1.82) is 0 Å². The van der Waals surface area contributed by atoms with Gasteiger partial charge in [-0.05, 0) is 93.0 Å². The molecule has 2 aromatic heterocycles. The van der Waals surface area contributed by atoms with Crippen molar-refractivity contribution >= 4 is 28.9 Å². The summed E-state index contributed by atoms with van der Waals surface area (Å²) in [5, 5.41) is 6.71. The molecule has 5 rings (SSSR count). The Morgan fingerprint density at radius 1 is 1.05 bits per heavy atom. The number of aromatic nitrogens is 2. The van der Waals surface area contributed by atoms with E-state index in [-0.39, 0.29) is 30.1 Å². The Labute approximate surface area is 233 Å². The summed E-state index contributed by atoms with van der Waals surface area (Å²) < 4.78 is 16.4. The van der Waals surface area contributed by atoms with E-state index in [0.717, 1.165) is 28.3 Å². The van der Waals surface area contributed by atoms with Gasteiger partial charge in [-0.25, -0.2) is 4.39 Å². The summed E-state index contributed by atoms with van der Waals surface area (Å²) in [5.41, 5.74) is 8.00. The van der Waals surface area contributed by atoms with Crippen LogP contribution < -0.4 is 10.6 Å². The van der Waals surface area contributed by atoms with E-state index in [4.69, 9.17) is 12.2 Å². The predicted octanol–water partition coefficient (Wildman–Crippen LogP) is 6.25. The van der Waals surface area contributed by atoms with Crippen LogP contribution in [0.3, 0.4) is 0 Å². The zero-order chi connectivity index (χ0) is 27.7. The third-order valence-corrected chi connectivity index (χ3v) is 7.88. The number of anilines is 1. The van der Waals surface area contributed by atoms with Gasteiger partial charge in [0.05, 0.1) is 23.5 Å². The quantitative estimate of drug-likeness (QED) is 0.271. The Morgan fingerprint density at radius 3 is 2.56 bits per heavy atom. The van der Waals surface area contributed by atoms with E-state index < -0.39 is 5.82 Å². The van der Waals surface area contributed by atoms with Crippen LogP contribution in [0.15, 0.2) is 72.9 Å². The molecule has 0 saturated carbocycles. The van der Waals surface area contributed by atoms with E-state index in [0.29, 0.717) is 11.7 Å². The molecule has 1 saturated heterocycles. The van der Waals surface area contributed by atoms with Crippen molar-refractivity contribution in [2.75, 3.05) is 11.9 Å². The molecule has 1 aliphatic heterocycles. The van der Waals surface area contributed by atoms with Crippen molar-refractivity contribution in [3.05, 3.63) is 113 Å². The maximum Gasteiger partial charge on any atom is 0.226 e. The third kappa shape index (κ3) is 5.16. The van der Waals surface area contributed by atoms with Gasteiger partial charge < -0.3 is 20.1 Å². The molecule has 8 heteroatoms. The van der Waals surface area contributed by atoms with Crippen LogP contribution in [0.25, 0.3) is 5.69 Å². The van der Waals surface area contributed by atoms with Crippen LogP contribution in [-0.4, -0.2) is 32.0 Å². The van der Waals surface area contributed by atoms with Gasteiger partial charge in [-0.1, -0.05) is 30.3 Å². The number of aryl methyl sites for hydroxylation is 2. The molecule has 39 heavy (non-hydrogen) atoms. The maximum absolute atomic E-state index is 14.1. The highest BCUT2D eigenvalue weighted by molar-refractivity contribution is 7.80. The number of nitrogens with one attached hydrogen (secondary N) is 2. The van der Waals surface area contributed by atoms with E-state index in [9.17, 15) is 9.18 Å². The lowest BCUT2D eigenvalue weighted by atomic mass is 9.96. The van der Waals surface area contributed by atoms with E-state index in [1.165, 1.54) is 17.2 Å². The van der Waals surface area contributed by atoms with Crippen LogP contribution in [0.4, 0.5) is 10.1 Å². The van der Waals surface area contributed by atoms with Gasteiger partial charge in [-0.2, -0.15) is 0 Å². The first-order valence-corrected chi connectivity index (χ1v) is 13.4. The van der Waals surface area contributed by atoms with Crippen LogP contribution in [0, 0.1) is 33.5 Å². The fourth-order valence-corrected chi connectivity index (χ4v) is 5.75. The zero-order valence-electron chi connectivity index (χ0n) is 22.5. The molecular formula is C31H32FN5OS. The first-order valence-electron chi connectivity index (χ1n) is 13.0. The largest absolute Gasteiger partial charge is 0.352 e. The molecule has 4 aromatic rings. The van der Waals surface area contributed by atoms with Gasteiger partial charge >= 0.3 is 0 Å². The lowest BCUT2D eigenvalue weighted by Crippen LogP contribution is -2.33. The Kier molecular flexibility index (Phi) is 7.48. The number of halogens is 1. The number of pyridine rings is 1. The number of hydrogen-bond acceptors (Lipinski definition) is 3. The number of nitrogens with zero attached hydrogens (tertiary/aromatic N) is 3. The minimum Gasteiger partial charge on any atom is -0.352 e. The average Bonchev–Trinajstić information content (AvgIpc) is 3.40. The topological polar surface area (TPSA) is 62.2 Å². The highest BCUT2D eigenvalue weighted by Crippen LogP contribution is 2.41. The molecule has 0 spiro atoms. The van der Waals surface area contributed by atoms with E-state index in [2.05, 4.69) is 77.0 Å². The molecule has 2 atom stereocenters. The number of thiocarbonyl (C=S) groups is 1. The summed E-state index contributed by atoms with van der Waals surface area (Å²) in [4.78, 5) is 19.5. The molecule has 1 amide bonds. The number of rotatable bonds is 7. The fraction of sp³-hybridized carbons (Fsp3) is 0.258. The summed E-state index contributed by atoms with van der Waals surface area (Å²) in [6.45, 7) is 8.88. The van der Waals surface area contributed by atoms with Crippen LogP contribution in [-0.2, 0) is 4.79 Å². The number of carbonyl (C=O) groups excluding carboxylic acids is 1. The van der Waals surface area contributed by atoms with Crippen LogP contribution in [0.5, 0.6) is 0 Å². The summed E-state index contributed by atoms with van der Waals surface area (Å²) in [6.07, 6.45) is 1.93. The first-order chi connectivity index (χ1) is 18.8. The SMILES string of the molecule is Cc1cccc(-n2c(C)cc([C@@H]3[C@@H](c4ccccn4)NC(=S)N3CCC(=O)Nc3ccccc3F)c2C)c1C. The first kappa shape index (κ1) is 26.6. The number of benzene rings is 2. The fourth-order valence-electron chi connectivity index (χ4n) is 5.42. The molecule has 2 aromatic carbocycles. The summed E-state index contributed by atoms with van der Waals surface area (Å²) in [7, 11) is 0. The van der Waals surface area contributed by atoms with Crippen molar-refractivity contribution in [3.63, 3.8) is 0 Å². The molecule has 200 valence electrons. The molecule has 1 fully saturated rings. The van der Waals surface area contributed by atoms with Crippen LogP contribution >= 0.6 is 12.2 Å². The molecule has 0 unspecified atom stereocenters. The molecule has 2 N–H and O–H groups in total. The van der Waals surface area contributed by atoms with Gasteiger partial charge in [0, 0.05) is 36.2 Å². The second-order valence-corrected chi connectivity index (χ2v) is 10.4. The number of amides is 1. The monoisotopic (exact) mass is 541 g/mol. The van der Waals surface area contributed by atoms with E-state index >= 15 is 0 Å². The van der Waals surface area contributed by atoms with Gasteiger partial charge in [-0.3, -0.25) is 9.78 Å². The smallest absolute Gasteiger partial charge is 0.226 e. The van der Waals surface area contributed by atoms with Crippen LogP contribution in [0.1, 0.15) is 52.3 Å². The Hall–Kier alpha value is -4.04. The molecule has 3 heterocycles. The number of carbonyl (C=O) groups is 1. The second-order valence-electron chi connectivity index (χ2n) is 9.98. The third-order valence-electron chi connectivity index (χ3n) is 7.53. The zero-order valence-corrected chi connectivity index (χ0v) is 23.3. The summed E-state index contributed by atoms with van der Waals surface area (Å²) in [6, 6.07) is 20.2. The van der Waals surface area contributed by atoms with Gasteiger partial charge in [0.25, 0.3) is 0 Å². The Balaban J connectivity index is 1.50. The lowest BCUT2D eigenvalue weighted by molar-refractivity contribution is -0.116. The molecule has 1 aliphatic rings. The highest BCUT2D eigenvalue weighted by atomic mass is 32.1. The van der Waals surface area contributed by atoms with Gasteiger partial charge in [-0.15, -0.1) is 0 Å². The second kappa shape index (κ2) is 11.0. The predicted molar refractivity (Wildman–Crippen MR) is 157 cm³/mol. The average molecular weight is 542 g/mol. The molecular weight excluding hydrogens is 509 g/mol. The molecule has 6 nitrogen and oxygen atoms in total. The standard InChI is InChI=1S/C31H32FN5OS/c1-19-10-9-14-27(21(19)3)37-20(2)18-23(22(37)4)30-29(26-13-7-8-16-33-26)35-31(39)36(30)17-15-28(38)34-25-12-6-5-11-24(25)32/h5-14,16,18,29-30H,15,17H2,1-4H3,(H,34,38)(H,35,39)/t29-,30-/m1/s1. The highest BCUT2D eigenvalue weighted by Gasteiger charge is 2.41. The van der Waals surface area contributed by atoms with Gasteiger partial charge in [0.15, 0.2) is 5.11 Å². The summed E-state index contributed by atoms with van der Waals surface area (Å²) >= 11 is 5.80. The Morgan fingerprint density at radius 2 is 1.82 bits per heavy atom. The number of hydrogen-bond donors (Lipinski definition) is 2. The molecule has 0 aliphatic carbocycles. The minimum absolute atomic E-state index is 0.150. The van der Waals surface area contributed by atoms with Gasteiger partial charge in [0.1, 0.15) is 5.82 Å². The maximum atomic E-state index is 14.1. The van der Waals surface area contributed by atoms with Crippen molar-refractivity contribution < 1.29 is 9.18 Å². The number of para-hydroxylation sites is 1. The van der Waals surface area contributed by atoms with Crippen molar-refractivity contribution in [2.45, 2.75) is 46.2 Å². The normalized spacial score (nSPS) is 16.8. The van der Waals surface area contributed by atoms with Crippen molar-refractivity contribution in [2.24, 2.45) is 0 Å². The minimum atomic E-state index is -0.462. The van der Waals surface area contributed by atoms with Gasteiger partial charge in [0.2, 0.25) is 5.91 Å². The van der Waals surface area contributed by atoms with Crippen molar-refractivity contribution in [1.82, 2.24) is 19.8 Å².